The maximum atomic E-state index is 12.6. The average molecular weight is 330 g/mol. The highest BCUT2D eigenvalue weighted by Gasteiger charge is 2.33. The van der Waals surface area contributed by atoms with Crippen molar-refractivity contribution in [2.45, 2.75) is 39.4 Å². The molecule has 0 aromatic carbocycles. The molecule has 1 saturated heterocycles. The van der Waals surface area contributed by atoms with E-state index in [0.29, 0.717) is 25.4 Å². The van der Waals surface area contributed by atoms with Crippen LogP contribution in [0.5, 0.6) is 0 Å². The number of pyridine rings is 1. The van der Waals surface area contributed by atoms with Crippen LogP contribution in [0.3, 0.4) is 0 Å². The first-order chi connectivity index (χ1) is 10.8. The Morgan fingerprint density at radius 1 is 1.43 bits per heavy atom. The van der Waals surface area contributed by atoms with Crippen molar-refractivity contribution < 1.29 is 22.7 Å². The van der Waals surface area contributed by atoms with Crippen molar-refractivity contribution >= 4 is 5.97 Å². The van der Waals surface area contributed by atoms with E-state index in [-0.39, 0.29) is 11.9 Å². The van der Waals surface area contributed by atoms with E-state index in [1.807, 2.05) is 0 Å². The molecule has 1 aromatic rings. The minimum atomic E-state index is -4.43. The number of aryl methyl sites for hydroxylation is 1. The Kier molecular flexibility index (Phi) is 5.62. The van der Waals surface area contributed by atoms with E-state index >= 15 is 0 Å². The van der Waals surface area contributed by atoms with Crippen LogP contribution in [-0.2, 0) is 22.3 Å². The van der Waals surface area contributed by atoms with Crippen LogP contribution in [0.4, 0.5) is 13.2 Å². The number of carbonyl (C=O) groups is 1. The van der Waals surface area contributed by atoms with Crippen molar-refractivity contribution in [1.82, 2.24) is 9.88 Å². The summed E-state index contributed by atoms with van der Waals surface area (Å²) in [6.07, 6.45) is -2.76. The first-order valence-electron chi connectivity index (χ1n) is 7.74. The fraction of sp³-hybridized carbons (Fsp3) is 0.625. The van der Waals surface area contributed by atoms with Gasteiger partial charge < -0.3 is 4.74 Å². The van der Waals surface area contributed by atoms with Crippen LogP contribution in [-0.4, -0.2) is 35.5 Å². The third-order valence-corrected chi connectivity index (χ3v) is 4.01. The molecular formula is C16H21F3N2O2. The number of ether oxygens (including phenoxy) is 1. The number of hydrogen-bond donors (Lipinski definition) is 0. The zero-order valence-electron chi connectivity index (χ0n) is 13.3. The highest BCUT2D eigenvalue weighted by Crippen LogP contribution is 2.28. The summed E-state index contributed by atoms with van der Waals surface area (Å²) in [6.45, 7) is 5.59. The molecule has 0 unspecified atom stereocenters. The summed E-state index contributed by atoms with van der Waals surface area (Å²) < 4.78 is 43.0. The Labute approximate surface area is 133 Å². The lowest BCUT2D eigenvalue weighted by Gasteiger charge is -2.31. The molecule has 0 amide bonds. The molecule has 0 aliphatic carbocycles. The van der Waals surface area contributed by atoms with Gasteiger partial charge in [0, 0.05) is 18.8 Å². The summed E-state index contributed by atoms with van der Waals surface area (Å²) in [7, 11) is 0. The lowest BCUT2D eigenvalue weighted by Crippen LogP contribution is -2.39. The number of alkyl halides is 3. The molecule has 1 aliphatic rings. The molecule has 7 heteroatoms. The van der Waals surface area contributed by atoms with Gasteiger partial charge in [0.05, 0.1) is 12.5 Å². The molecule has 0 N–H and O–H groups in total. The molecule has 4 nitrogen and oxygen atoms in total. The third kappa shape index (κ3) is 4.67. The SMILES string of the molecule is CCOC(=O)[C@H]1CCCN(Cc2ccc(C(F)(F)F)nc2C)C1. The van der Waals surface area contributed by atoms with Gasteiger partial charge in [-0.05, 0) is 44.9 Å². The summed E-state index contributed by atoms with van der Waals surface area (Å²) in [5, 5.41) is 0. The van der Waals surface area contributed by atoms with E-state index in [2.05, 4.69) is 9.88 Å². The molecule has 0 bridgehead atoms. The van der Waals surface area contributed by atoms with Crippen molar-refractivity contribution in [3.05, 3.63) is 29.1 Å². The van der Waals surface area contributed by atoms with Crippen LogP contribution in [0.2, 0.25) is 0 Å². The fourth-order valence-electron chi connectivity index (χ4n) is 2.81. The Hall–Kier alpha value is -1.63. The zero-order chi connectivity index (χ0) is 17.0. The lowest BCUT2D eigenvalue weighted by molar-refractivity contribution is -0.150. The van der Waals surface area contributed by atoms with Gasteiger partial charge in [0.25, 0.3) is 0 Å². The monoisotopic (exact) mass is 330 g/mol. The van der Waals surface area contributed by atoms with Gasteiger partial charge in [0.2, 0.25) is 0 Å². The summed E-state index contributed by atoms with van der Waals surface area (Å²) in [5.74, 6) is -0.356. The number of halogens is 3. The molecule has 1 atom stereocenters. The van der Waals surface area contributed by atoms with Crippen LogP contribution >= 0.6 is 0 Å². The molecular weight excluding hydrogens is 309 g/mol. The van der Waals surface area contributed by atoms with Crippen LogP contribution < -0.4 is 0 Å². The number of esters is 1. The predicted molar refractivity (Wildman–Crippen MR) is 78.6 cm³/mol. The van der Waals surface area contributed by atoms with E-state index in [1.54, 1.807) is 13.8 Å². The van der Waals surface area contributed by atoms with Gasteiger partial charge in [-0.2, -0.15) is 13.2 Å². The third-order valence-electron chi connectivity index (χ3n) is 4.01. The van der Waals surface area contributed by atoms with Crippen LogP contribution in [0.25, 0.3) is 0 Å². The molecule has 0 radical (unpaired) electrons. The molecule has 1 fully saturated rings. The lowest BCUT2D eigenvalue weighted by atomic mass is 9.97. The normalized spacial score (nSPS) is 19.6. The summed E-state index contributed by atoms with van der Waals surface area (Å²) in [6, 6.07) is 2.48. The number of nitrogens with zero attached hydrogens (tertiary/aromatic N) is 2. The van der Waals surface area contributed by atoms with Gasteiger partial charge in [-0.3, -0.25) is 9.69 Å². The first-order valence-corrected chi connectivity index (χ1v) is 7.74. The van der Waals surface area contributed by atoms with Gasteiger partial charge in [-0.1, -0.05) is 6.07 Å². The van der Waals surface area contributed by atoms with E-state index in [1.165, 1.54) is 6.07 Å². The quantitative estimate of drug-likeness (QED) is 0.795. The molecule has 23 heavy (non-hydrogen) atoms. The fourth-order valence-corrected chi connectivity index (χ4v) is 2.81. The average Bonchev–Trinajstić information content (AvgIpc) is 2.49. The summed E-state index contributed by atoms with van der Waals surface area (Å²) >= 11 is 0. The van der Waals surface area contributed by atoms with Crippen LogP contribution in [0.15, 0.2) is 12.1 Å². The van der Waals surface area contributed by atoms with Crippen molar-refractivity contribution in [2.75, 3.05) is 19.7 Å². The number of carbonyl (C=O) groups excluding carboxylic acids is 1. The second-order valence-electron chi connectivity index (χ2n) is 5.77. The first kappa shape index (κ1) is 17.7. The molecule has 128 valence electrons. The molecule has 2 rings (SSSR count). The number of rotatable bonds is 4. The van der Waals surface area contributed by atoms with Gasteiger partial charge in [-0.15, -0.1) is 0 Å². The van der Waals surface area contributed by atoms with Crippen molar-refractivity contribution in [1.29, 1.82) is 0 Å². The Morgan fingerprint density at radius 3 is 2.78 bits per heavy atom. The number of piperidine rings is 1. The number of aromatic nitrogens is 1. The Morgan fingerprint density at radius 2 is 2.17 bits per heavy atom. The minimum absolute atomic E-state index is 0.161. The molecule has 2 heterocycles. The zero-order valence-corrected chi connectivity index (χ0v) is 13.3. The second-order valence-corrected chi connectivity index (χ2v) is 5.77. The maximum Gasteiger partial charge on any atom is 0.433 e. The molecule has 0 spiro atoms. The van der Waals surface area contributed by atoms with Crippen molar-refractivity contribution in [3.63, 3.8) is 0 Å². The van der Waals surface area contributed by atoms with Crippen LogP contribution in [0, 0.1) is 12.8 Å². The topological polar surface area (TPSA) is 42.4 Å². The van der Waals surface area contributed by atoms with Crippen molar-refractivity contribution in [2.24, 2.45) is 5.92 Å². The Balaban J connectivity index is 2.03. The number of hydrogen-bond acceptors (Lipinski definition) is 4. The van der Waals surface area contributed by atoms with E-state index in [0.717, 1.165) is 31.0 Å². The highest BCUT2D eigenvalue weighted by atomic mass is 19.4. The van der Waals surface area contributed by atoms with Gasteiger partial charge >= 0.3 is 12.1 Å². The van der Waals surface area contributed by atoms with Gasteiger partial charge in [0.1, 0.15) is 5.69 Å². The smallest absolute Gasteiger partial charge is 0.433 e. The number of likely N-dealkylation sites (tertiary alicyclic amines) is 1. The second kappa shape index (κ2) is 7.29. The molecule has 1 aliphatic heterocycles. The van der Waals surface area contributed by atoms with E-state index in [4.69, 9.17) is 4.74 Å². The standard InChI is InChI=1S/C16H21F3N2O2/c1-3-23-15(22)13-5-4-8-21(10-13)9-12-6-7-14(16(17,18)19)20-11(12)2/h6-7,13H,3-5,8-10H2,1-2H3/t13-/m0/s1. The van der Waals surface area contributed by atoms with E-state index < -0.39 is 11.9 Å². The Bertz CT molecular complexity index is 561. The van der Waals surface area contributed by atoms with Crippen LogP contribution in [0.1, 0.15) is 36.7 Å². The largest absolute Gasteiger partial charge is 0.466 e. The van der Waals surface area contributed by atoms with Crippen molar-refractivity contribution in [3.8, 4) is 0 Å². The summed E-state index contributed by atoms with van der Waals surface area (Å²) in [4.78, 5) is 17.6. The molecule has 0 saturated carbocycles. The maximum absolute atomic E-state index is 12.6. The predicted octanol–water partition coefficient (Wildman–Crippen LogP) is 3.18. The van der Waals surface area contributed by atoms with E-state index in [9.17, 15) is 18.0 Å². The van der Waals surface area contributed by atoms with Gasteiger partial charge in [-0.25, -0.2) is 4.98 Å². The summed E-state index contributed by atoms with van der Waals surface area (Å²) in [5.41, 5.74) is 0.252. The minimum Gasteiger partial charge on any atom is -0.466 e. The van der Waals surface area contributed by atoms with Gasteiger partial charge in [0.15, 0.2) is 0 Å². The molecule has 1 aromatic heterocycles. The highest BCUT2D eigenvalue weighted by molar-refractivity contribution is 5.72.